The van der Waals surface area contributed by atoms with Crippen LogP contribution in [0.1, 0.15) is 35.7 Å². The first kappa shape index (κ1) is 21.1. The molecule has 0 aliphatic carbocycles. The second-order valence-electron chi connectivity index (χ2n) is 7.68. The molecule has 3 aromatic rings. The number of rotatable bonds is 5. The number of carbonyl (C=O) groups is 2. The summed E-state index contributed by atoms with van der Waals surface area (Å²) in [5.74, 6) is 0.319. The average molecular weight is 438 g/mol. The predicted octanol–water partition coefficient (Wildman–Crippen LogP) is 4.21. The van der Waals surface area contributed by atoms with Crippen molar-refractivity contribution in [2.24, 2.45) is 0 Å². The number of amides is 2. The maximum Gasteiger partial charge on any atom is 0.255 e. The van der Waals surface area contributed by atoms with Crippen LogP contribution in [0.15, 0.2) is 54.7 Å². The van der Waals surface area contributed by atoms with Crippen LogP contribution < -0.4 is 10.1 Å². The van der Waals surface area contributed by atoms with Gasteiger partial charge < -0.3 is 15.0 Å². The Balaban J connectivity index is 1.43. The van der Waals surface area contributed by atoms with Gasteiger partial charge in [-0.2, -0.15) is 0 Å². The smallest absolute Gasteiger partial charge is 0.255 e. The number of para-hydroxylation sites is 1. The van der Waals surface area contributed by atoms with Crippen LogP contribution in [0.25, 0.3) is 10.9 Å². The number of piperidine rings is 1. The standard InChI is InChI=1S/C24H24ClN3O3/c1-16(29)28-10-8-20(9-11-28)31-23-7-6-19(25)13-21(23)24(30)27-15-17-12-18-4-2-3-5-22(18)26-14-17/h2-7,12-14,20H,8-11,15H2,1H3,(H,27,30). The molecular weight excluding hydrogens is 414 g/mol. The van der Waals surface area contributed by atoms with E-state index in [4.69, 9.17) is 16.3 Å². The van der Waals surface area contributed by atoms with Crippen molar-refractivity contribution in [1.29, 1.82) is 0 Å². The van der Waals surface area contributed by atoms with Gasteiger partial charge in [0.1, 0.15) is 11.9 Å². The maximum absolute atomic E-state index is 12.9. The lowest BCUT2D eigenvalue weighted by atomic mass is 10.1. The summed E-state index contributed by atoms with van der Waals surface area (Å²) in [5, 5.41) is 4.43. The highest BCUT2D eigenvalue weighted by molar-refractivity contribution is 6.31. The summed E-state index contributed by atoms with van der Waals surface area (Å²) in [6.07, 6.45) is 3.17. The molecule has 0 atom stereocenters. The molecule has 4 rings (SSSR count). The molecule has 1 N–H and O–H groups in total. The van der Waals surface area contributed by atoms with Crippen LogP contribution in [-0.4, -0.2) is 40.9 Å². The van der Waals surface area contributed by atoms with Crippen molar-refractivity contribution < 1.29 is 14.3 Å². The fraction of sp³-hybridized carbons (Fsp3) is 0.292. The van der Waals surface area contributed by atoms with E-state index in [1.165, 1.54) is 0 Å². The SMILES string of the molecule is CC(=O)N1CCC(Oc2ccc(Cl)cc2C(=O)NCc2cnc3ccccc3c2)CC1. The van der Waals surface area contributed by atoms with Gasteiger partial charge >= 0.3 is 0 Å². The molecule has 1 fully saturated rings. The van der Waals surface area contributed by atoms with Gasteiger partial charge in [-0.05, 0) is 35.9 Å². The van der Waals surface area contributed by atoms with Crippen LogP contribution in [0.2, 0.25) is 5.02 Å². The van der Waals surface area contributed by atoms with E-state index in [-0.39, 0.29) is 17.9 Å². The summed E-state index contributed by atoms with van der Waals surface area (Å²) in [4.78, 5) is 30.7. The molecule has 2 amide bonds. The number of halogens is 1. The third kappa shape index (κ3) is 5.14. The molecule has 6 nitrogen and oxygen atoms in total. The number of hydrogen-bond donors (Lipinski definition) is 1. The molecule has 1 aromatic heterocycles. The molecular formula is C24H24ClN3O3. The van der Waals surface area contributed by atoms with Crippen LogP contribution in [-0.2, 0) is 11.3 Å². The molecule has 0 saturated carbocycles. The normalized spacial score (nSPS) is 14.5. The number of nitrogens with zero attached hydrogens (tertiary/aromatic N) is 2. The van der Waals surface area contributed by atoms with Gasteiger partial charge in [0.15, 0.2) is 0 Å². The lowest BCUT2D eigenvalue weighted by Crippen LogP contribution is -2.40. The fourth-order valence-corrected chi connectivity index (χ4v) is 3.91. The number of fused-ring (bicyclic) bond motifs is 1. The highest BCUT2D eigenvalue weighted by Gasteiger charge is 2.24. The number of benzene rings is 2. The van der Waals surface area contributed by atoms with Gasteiger partial charge in [-0.1, -0.05) is 29.8 Å². The summed E-state index contributed by atoms with van der Waals surface area (Å²) < 4.78 is 6.13. The van der Waals surface area contributed by atoms with Crippen LogP contribution in [0.5, 0.6) is 5.75 Å². The zero-order valence-electron chi connectivity index (χ0n) is 17.3. The average Bonchev–Trinajstić information content (AvgIpc) is 2.79. The van der Waals surface area contributed by atoms with Crippen LogP contribution in [0.3, 0.4) is 0 Å². The molecule has 1 aliphatic heterocycles. The van der Waals surface area contributed by atoms with Crippen molar-refractivity contribution in [2.45, 2.75) is 32.4 Å². The molecule has 2 heterocycles. The Bertz CT molecular complexity index is 1110. The Morgan fingerprint density at radius 1 is 1.16 bits per heavy atom. The van der Waals surface area contributed by atoms with E-state index in [2.05, 4.69) is 10.3 Å². The topological polar surface area (TPSA) is 71.5 Å². The minimum atomic E-state index is -0.258. The molecule has 31 heavy (non-hydrogen) atoms. The van der Waals surface area contributed by atoms with E-state index in [0.29, 0.717) is 36.0 Å². The molecule has 7 heteroatoms. The second-order valence-corrected chi connectivity index (χ2v) is 8.12. The molecule has 2 aromatic carbocycles. The zero-order valence-corrected chi connectivity index (χ0v) is 18.1. The number of nitrogens with one attached hydrogen (secondary N) is 1. The summed E-state index contributed by atoms with van der Waals surface area (Å²) in [6, 6.07) is 14.9. The summed E-state index contributed by atoms with van der Waals surface area (Å²) in [7, 11) is 0. The largest absolute Gasteiger partial charge is 0.489 e. The first-order valence-corrected chi connectivity index (χ1v) is 10.7. The zero-order chi connectivity index (χ0) is 21.8. The van der Waals surface area contributed by atoms with E-state index in [0.717, 1.165) is 29.3 Å². The van der Waals surface area contributed by atoms with Gasteiger partial charge in [-0.3, -0.25) is 14.6 Å². The second kappa shape index (κ2) is 9.35. The van der Waals surface area contributed by atoms with Gasteiger partial charge in [-0.15, -0.1) is 0 Å². The minimum Gasteiger partial charge on any atom is -0.489 e. The van der Waals surface area contributed by atoms with Crippen molar-refractivity contribution in [1.82, 2.24) is 15.2 Å². The Hall–Kier alpha value is -3.12. The molecule has 1 saturated heterocycles. The molecule has 0 spiro atoms. The van der Waals surface area contributed by atoms with Gasteiger partial charge in [0.2, 0.25) is 5.91 Å². The number of pyridine rings is 1. The van der Waals surface area contributed by atoms with Crippen molar-refractivity contribution in [3.8, 4) is 5.75 Å². The van der Waals surface area contributed by atoms with E-state index >= 15 is 0 Å². The highest BCUT2D eigenvalue weighted by atomic mass is 35.5. The van der Waals surface area contributed by atoms with Gasteiger partial charge in [-0.25, -0.2) is 0 Å². The molecule has 160 valence electrons. The molecule has 1 aliphatic rings. The van der Waals surface area contributed by atoms with E-state index in [1.54, 1.807) is 31.3 Å². The Labute approximate surface area is 186 Å². The van der Waals surface area contributed by atoms with Crippen molar-refractivity contribution in [2.75, 3.05) is 13.1 Å². The summed E-state index contributed by atoms with van der Waals surface area (Å²) in [6.45, 7) is 3.24. The molecule has 0 unspecified atom stereocenters. The van der Waals surface area contributed by atoms with Crippen molar-refractivity contribution in [3.05, 3.63) is 70.9 Å². The van der Waals surface area contributed by atoms with Crippen LogP contribution in [0, 0.1) is 0 Å². The maximum atomic E-state index is 12.9. The number of carbonyl (C=O) groups excluding carboxylic acids is 2. The summed E-state index contributed by atoms with van der Waals surface area (Å²) >= 11 is 6.15. The van der Waals surface area contributed by atoms with Crippen LogP contribution >= 0.6 is 11.6 Å². The number of ether oxygens (including phenoxy) is 1. The Kier molecular flexibility index (Phi) is 6.37. The first-order valence-electron chi connectivity index (χ1n) is 10.3. The van der Waals surface area contributed by atoms with Gasteiger partial charge in [0, 0.05) is 56.0 Å². The summed E-state index contributed by atoms with van der Waals surface area (Å²) in [5.41, 5.74) is 2.22. The molecule has 0 radical (unpaired) electrons. The quantitative estimate of drug-likeness (QED) is 0.649. The Morgan fingerprint density at radius 2 is 1.94 bits per heavy atom. The number of likely N-dealkylation sites (tertiary alicyclic amines) is 1. The van der Waals surface area contributed by atoms with Crippen LogP contribution in [0.4, 0.5) is 0 Å². The van der Waals surface area contributed by atoms with E-state index < -0.39 is 0 Å². The fourth-order valence-electron chi connectivity index (χ4n) is 3.74. The lowest BCUT2D eigenvalue weighted by Gasteiger charge is -2.31. The monoisotopic (exact) mass is 437 g/mol. The van der Waals surface area contributed by atoms with E-state index in [1.807, 2.05) is 35.2 Å². The van der Waals surface area contributed by atoms with E-state index in [9.17, 15) is 9.59 Å². The predicted molar refractivity (Wildman–Crippen MR) is 120 cm³/mol. The molecule has 0 bridgehead atoms. The van der Waals surface area contributed by atoms with Gasteiger partial charge in [0.05, 0.1) is 11.1 Å². The highest BCUT2D eigenvalue weighted by Crippen LogP contribution is 2.26. The number of aromatic nitrogens is 1. The minimum absolute atomic E-state index is 0.0481. The third-order valence-electron chi connectivity index (χ3n) is 5.47. The van der Waals surface area contributed by atoms with Crippen molar-refractivity contribution >= 4 is 34.3 Å². The lowest BCUT2D eigenvalue weighted by molar-refractivity contribution is -0.130. The Morgan fingerprint density at radius 3 is 2.71 bits per heavy atom. The third-order valence-corrected chi connectivity index (χ3v) is 5.70. The number of hydrogen-bond acceptors (Lipinski definition) is 4. The van der Waals surface area contributed by atoms with Crippen molar-refractivity contribution in [3.63, 3.8) is 0 Å². The first-order chi connectivity index (χ1) is 15.0. The van der Waals surface area contributed by atoms with Gasteiger partial charge in [0.25, 0.3) is 5.91 Å².